The molecule has 0 bridgehead atoms. The van der Waals surface area contributed by atoms with Gasteiger partial charge in [-0.05, 0) is 19.8 Å². The summed E-state index contributed by atoms with van der Waals surface area (Å²) in [5.41, 5.74) is -0.00467. The zero-order valence-electron chi connectivity index (χ0n) is 11.5. The molecule has 0 aromatic carbocycles. The zero-order valence-corrected chi connectivity index (χ0v) is 11.5. The molecular weight excluding hydrogens is 232 g/mol. The Hall–Kier alpha value is -1.43. The van der Waals surface area contributed by atoms with E-state index < -0.39 is 5.97 Å². The molecule has 0 spiro atoms. The van der Waals surface area contributed by atoms with Crippen molar-refractivity contribution in [2.75, 3.05) is 13.1 Å². The van der Waals surface area contributed by atoms with E-state index in [9.17, 15) is 4.79 Å². The average molecular weight is 254 g/mol. The summed E-state index contributed by atoms with van der Waals surface area (Å²) in [6, 6.07) is 0.467. The van der Waals surface area contributed by atoms with E-state index in [0.29, 0.717) is 18.5 Å². The van der Waals surface area contributed by atoms with Crippen molar-refractivity contribution in [1.29, 1.82) is 0 Å². The second-order valence-electron chi connectivity index (χ2n) is 5.15. The van der Waals surface area contributed by atoms with E-state index in [4.69, 9.17) is 5.11 Å². The fourth-order valence-corrected chi connectivity index (χ4v) is 1.77. The van der Waals surface area contributed by atoms with E-state index in [2.05, 4.69) is 42.9 Å². The number of aromatic nitrogens is 3. The maximum absolute atomic E-state index is 10.7. The van der Waals surface area contributed by atoms with Crippen molar-refractivity contribution >= 4 is 5.97 Å². The van der Waals surface area contributed by atoms with Crippen LogP contribution in [0.2, 0.25) is 0 Å². The maximum atomic E-state index is 10.7. The van der Waals surface area contributed by atoms with Gasteiger partial charge in [-0.2, -0.15) is 0 Å². The molecule has 0 saturated carbocycles. The van der Waals surface area contributed by atoms with Crippen molar-refractivity contribution in [3.63, 3.8) is 0 Å². The Morgan fingerprint density at radius 1 is 1.44 bits per heavy atom. The Labute approximate surface area is 108 Å². The third kappa shape index (κ3) is 4.44. The van der Waals surface area contributed by atoms with Crippen molar-refractivity contribution in [3.05, 3.63) is 11.9 Å². The average Bonchev–Trinajstić information content (AvgIpc) is 2.72. The summed E-state index contributed by atoms with van der Waals surface area (Å²) in [6.45, 7) is 11.2. The second-order valence-corrected chi connectivity index (χ2v) is 5.15. The summed E-state index contributed by atoms with van der Waals surface area (Å²) >= 11 is 0. The van der Waals surface area contributed by atoms with Crippen molar-refractivity contribution < 1.29 is 9.90 Å². The first-order chi connectivity index (χ1) is 8.40. The second kappa shape index (κ2) is 6.49. The summed E-state index contributed by atoms with van der Waals surface area (Å²) in [4.78, 5) is 13.0. The van der Waals surface area contributed by atoms with Crippen LogP contribution in [0.15, 0.2) is 6.20 Å². The van der Waals surface area contributed by atoms with Gasteiger partial charge in [0.1, 0.15) is 0 Å². The van der Waals surface area contributed by atoms with Crippen molar-refractivity contribution in [2.45, 2.75) is 40.3 Å². The minimum Gasteiger partial charge on any atom is -0.476 e. The molecule has 0 aliphatic heterocycles. The summed E-state index contributed by atoms with van der Waals surface area (Å²) in [5.74, 6) is -0.429. The lowest BCUT2D eigenvalue weighted by atomic mass is 10.2. The maximum Gasteiger partial charge on any atom is 0.358 e. The number of hydrogen-bond acceptors (Lipinski definition) is 4. The van der Waals surface area contributed by atoms with Gasteiger partial charge in [0.05, 0.1) is 12.7 Å². The Morgan fingerprint density at radius 2 is 2.11 bits per heavy atom. The molecule has 1 rings (SSSR count). The molecule has 1 aromatic rings. The van der Waals surface area contributed by atoms with Crippen molar-refractivity contribution in [1.82, 2.24) is 19.9 Å². The van der Waals surface area contributed by atoms with E-state index in [1.54, 1.807) is 4.68 Å². The highest BCUT2D eigenvalue weighted by Gasteiger charge is 2.13. The number of aromatic carboxylic acids is 1. The van der Waals surface area contributed by atoms with Crippen LogP contribution in [-0.2, 0) is 6.54 Å². The molecule has 1 heterocycles. The van der Waals surface area contributed by atoms with Gasteiger partial charge in [-0.15, -0.1) is 5.10 Å². The molecule has 0 amide bonds. The van der Waals surface area contributed by atoms with Crippen LogP contribution < -0.4 is 0 Å². The van der Waals surface area contributed by atoms with Gasteiger partial charge < -0.3 is 5.11 Å². The lowest BCUT2D eigenvalue weighted by Crippen LogP contribution is -2.36. The van der Waals surface area contributed by atoms with Crippen LogP contribution in [0.25, 0.3) is 0 Å². The first-order valence-corrected chi connectivity index (χ1v) is 6.27. The predicted octanol–water partition coefficient (Wildman–Crippen LogP) is 1.34. The third-order valence-electron chi connectivity index (χ3n) is 2.70. The molecule has 1 N–H and O–H groups in total. The van der Waals surface area contributed by atoms with Gasteiger partial charge in [-0.1, -0.05) is 19.1 Å². The Balaban J connectivity index is 2.53. The molecule has 6 nitrogen and oxygen atoms in total. The third-order valence-corrected chi connectivity index (χ3v) is 2.70. The van der Waals surface area contributed by atoms with Crippen molar-refractivity contribution in [3.8, 4) is 0 Å². The lowest BCUT2D eigenvalue weighted by molar-refractivity contribution is 0.0690. The van der Waals surface area contributed by atoms with Crippen LogP contribution in [0.4, 0.5) is 0 Å². The lowest BCUT2D eigenvalue weighted by Gasteiger charge is -2.27. The molecular formula is C12H22N4O2. The fraction of sp³-hybridized carbons (Fsp3) is 0.750. The van der Waals surface area contributed by atoms with Gasteiger partial charge in [0.2, 0.25) is 0 Å². The Kier molecular flexibility index (Phi) is 5.27. The Morgan fingerprint density at radius 3 is 2.56 bits per heavy atom. The molecule has 0 radical (unpaired) electrons. The summed E-state index contributed by atoms with van der Waals surface area (Å²) in [6.07, 6.45) is 1.47. The standard InChI is InChI=1S/C12H22N4O2/c1-9(2)7-15(10(3)4)5-6-16-8-11(12(17)18)13-14-16/h8-10H,5-7H2,1-4H3,(H,17,18). The summed E-state index contributed by atoms with van der Waals surface area (Å²) < 4.78 is 1.58. The summed E-state index contributed by atoms with van der Waals surface area (Å²) in [7, 11) is 0. The SMILES string of the molecule is CC(C)CN(CCn1cc(C(=O)O)nn1)C(C)C. The van der Waals surface area contributed by atoms with E-state index >= 15 is 0 Å². The van der Waals surface area contributed by atoms with Gasteiger partial charge in [-0.3, -0.25) is 9.58 Å². The Bertz CT molecular complexity index is 387. The monoisotopic (exact) mass is 254 g/mol. The minimum absolute atomic E-state index is 0.00467. The highest BCUT2D eigenvalue weighted by molar-refractivity contribution is 5.84. The number of carboxylic acids is 1. The van der Waals surface area contributed by atoms with Gasteiger partial charge in [0.25, 0.3) is 0 Å². The molecule has 0 aliphatic carbocycles. The molecule has 0 saturated heterocycles. The fourth-order valence-electron chi connectivity index (χ4n) is 1.77. The van der Waals surface area contributed by atoms with Crippen LogP contribution in [0.1, 0.15) is 38.2 Å². The molecule has 0 aliphatic rings. The largest absolute Gasteiger partial charge is 0.476 e. The zero-order chi connectivity index (χ0) is 13.7. The van der Waals surface area contributed by atoms with E-state index in [-0.39, 0.29) is 5.69 Å². The molecule has 1 aromatic heterocycles. The van der Waals surface area contributed by atoms with E-state index in [0.717, 1.165) is 13.1 Å². The van der Waals surface area contributed by atoms with Crippen LogP contribution in [0, 0.1) is 5.92 Å². The molecule has 6 heteroatoms. The van der Waals surface area contributed by atoms with Gasteiger partial charge in [-0.25, -0.2) is 4.79 Å². The number of carbonyl (C=O) groups is 1. The van der Waals surface area contributed by atoms with Gasteiger partial charge in [0.15, 0.2) is 5.69 Å². The number of hydrogen-bond donors (Lipinski definition) is 1. The van der Waals surface area contributed by atoms with Gasteiger partial charge in [0, 0.05) is 19.1 Å². The van der Waals surface area contributed by atoms with Crippen LogP contribution >= 0.6 is 0 Å². The number of nitrogens with zero attached hydrogens (tertiary/aromatic N) is 4. The first-order valence-electron chi connectivity index (χ1n) is 6.27. The predicted molar refractivity (Wildman–Crippen MR) is 68.5 cm³/mol. The number of rotatable bonds is 7. The highest BCUT2D eigenvalue weighted by Crippen LogP contribution is 2.04. The highest BCUT2D eigenvalue weighted by atomic mass is 16.4. The van der Waals surface area contributed by atoms with Gasteiger partial charge >= 0.3 is 5.97 Å². The smallest absolute Gasteiger partial charge is 0.358 e. The number of carboxylic acid groups (broad SMARTS) is 1. The van der Waals surface area contributed by atoms with E-state index in [1.807, 2.05) is 0 Å². The minimum atomic E-state index is -1.04. The first kappa shape index (κ1) is 14.6. The quantitative estimate of drug-likeness (QED) is 0.795. The van der Waals surface area contributed by atoms with Crippen molar-refractivity contribution in [2.24, 2.45) is 5.92 Å². The van der Waals surface area contributed by atoms with Crippen LogP contribution in [0.3, 0.4) is 0 Å². The molecule has 18 heavy (non-hydrogen) atoms. The normalized spacial score (nSPS) is 11.7. The summed E-state index contributed by atoms with van der Waals surface area (Å²) in [5, 5.41) is 16.2. The van der Waals surface area contributed by atoms with Crippen LogP contribution in [0.5, 0.6) is 0 Å². The molecule has 0 atom stereocenters. The van der Waals surface area contributed by atoms with E-state index in [1.165, 1.54) is 6.20 Å². The molecule has 102 valence electrons. The molecule has 0 fully saturated rings. The molecule has 0 unspecified atom stereocenters. The van der Waals surface area contributed by atoms with Crippen LogP contribution in [-0.4, -0.2) is 50.1 Å². The topological polar surface area (TPSA) is 71.2 Å².